The highest BCUT2D eigenvalue weighted by atomic mass is 35.5. The van der Waals surface area contributed by atoms with Crippen LogP contribution in [0.5, 0.6) is 0 Å². The molecular formula is C16H19Cl2N3O5. The van der Waals surface area contributed by atoms with E-state index in [1.807, 2.05) is 12.2 Å². The molecule has 10 heteroatoms. The summed E-state index contributed by atoms with van der Waals surface area (Å²) >= 11 is 11.6. The molecular weight excluding hydrogens is 385 g/mol. The van der Waals surface area contributed by atoms with E-state index < -0.39 is 37.0 Å². The molecule has 0 fully saturated rings. The molecule has 142 valence electrons. The van der Waals surface area contributed by atoms with Gasteiger partial charge in [-0.2, -0.15) is 0 Å². The molecule has 0 saturated carbocycles. The van der Waals surface area contributed by atoms with E-state index in [1.54, 1.807) is 0 Å². The summed E-state index contributed by atoms with van der Waals surface area (Å²) in [5.74, 6) is -2.22. The van der Waals surface area contributed by atoms with Gasteiger partial charge in [0.1, 0.15) is 6.54 Å². The van der Waals surface area contributed by atoms with Gasteiger partial charge in [0, 0.05) is 11.6 Å². The van der Waals surface area contributed by atoms with Crippen LogP contribution < -0.4 is 16.0 Å². The van der Waals surface area contributed by atoms with Crippen molar-refractivity contribution in [2.75, 3.05) is 19.7 Å². The Bertz CT molecular complexity index is 682. The smallest absolute Gasteiger partial charge is 0.325 e. The molecule has 4 amide bonds. The lowest BCUT2D eigenvalue weighted by molar-refractivity contribution is -0.147. The maximum absolute atomic E-state index is 11.9. The molecule has 0 aliphatic rings. The number of hydrogen-bond acceptors (Lipinski definition) is 5. The molecule has 0 aliphatic carbocycles. The largest absolute Gasteiger partial charge is 0.454 e. The quantitative estimate of drug-likeness (QED) is 0.452. The number of imide groups is 1. The Morgan fingerprint density at radius 2 is 1.85 bits per heavy atom. The predicted octanol–water partition coefficient (Wildman–Crippen LogP) is 1.89. The van der Waals surface area contributed by atoms with Crippen molar-refractivity contribution < 1.29 is 23.9 Å². The highest BCUT2D eigenvalue weighted by molar-refractivity contribution is 6.36. The summed E-state index contributed by atoms with van der Waals surface area (Å²) in [6, 6.07) is 3.63. The van der Waals surface area contributed by atoms with Crippen LogP contribution in [0.25, 0.3) is 0 Å². The number of urea groups is 1. The number of ether oxygens (including phenoxy) is 1. The first kappa shape index (κ1) is 21.7. The van der Waals surface area contributed by atoms with Gasteiger partial charge >= 0.3 is 12.0 Å². The van der Waals surface area contributed by atoms with E-state index in [4.69, 9.17) is 23.2 Å². The first-order valence-corrected chi connectivity index (χ1v) is 8.55. The Hall–Kier alpha value is -2.32. The van der Waals surface area contributed by atoms with Crippen LogP contribution in [0.15, 0.2) is 18.2 Å². The molecule has 0 aromatic heterocycles. The SMILES string of the molecule is CCCCNC(=O)NC(=O)COC(=O)CNC(=O)c1ccc(Cl)cc1Cl. The van der Waals surface area contributed by atoms with Crippen LogP contribution in [-0.4, -0.2) is 43.5 Å². The van der Waals surface area contributed by atoms with Gasteiger partial charge in [-0.05, 0) is 24.6 Å². The van der Waals surface area contributed by atoms with Gasteiger partial charge < -0.3 is 15.4 Å². The van der Waals surface area contributed by atoms with Gasteiger partial charge in [0.2, 0.25) is 0 Å². The van der Waals surface area contributed by atoms with Crippen molar-refractivity contribution in [3.63, 3.8) is 0 Å². The Balaban J connectivity index is 2.30. The molecule has 1 rings (SSSR count). The van der Waals surface area contributed by atoms with Gasteiger partial charge in [-0.1, -0.05) is 36.5 Å². The second kappa shape index (κ2) is 11.3. The van der Waals surface area contributed by atoms with Gasteiger partial charge in [-0.3, -0.25) is 19.7 Å². The van der Waals surface area contributed by atoms with Gasteiger partial charge in [0.05, 0.1) is 10.6 Å². The summed E-state index contributed by atoms with van der Waals surface area (Å²) in [7, 11) is 0. The van der Waals surface area contributed by atoms with Crippen LogP contribution >= 0.6 is 23.2 Å². The molecule has 0 aliphatic heterocycles. The van der Waals surface area contributed by atoms with Crippen molar-refractivity contribution in [3.05, 3.63) is 33.8 Å². The van der Waals surface area contributed by atoms with Crippen molar-refractivity contribution in [3.8, 4) is 0 Å². The minimum absolute atomic E-state index is 0.136. The van der Waals surface area contributed by atoms with E-state index in [2.05, 4.69) is 15.4 Å². The maximum Gasteiger partial charge on any atom is 0.325 e. The molecule has 0 radical (unpaired) electrons. The minimum atomic E-state index is -0.843. The monoisotopic (exact) mass is 403 g/mol. The van der Waals surface area contributed by atoms with Crippen molar-refractivity contribution in [1.82, 2.24) is 16.0 Å². The van der Waals surface area contributed by atoms with Crippen LogP contribution in [0.1, 0.15) is 30.1 Å². The molecule has 0 unspecified atom stereocenters. The summed E-state index contributed by atoms with van der Waals surface area (Å²) < 4.78 is 4.67. The number of carbonyl (C=O) groups excluding carboxylic acids is 4. The van der Waals surface area contributed by atoms with E-state index in [9.17, 15) is 19.2 Å². The van der Waals surface area contributed by atoms with Crippen LogP contribution in [0.2, 0.25) is 10.0 Å². The third kappa shape index (κ3) is 8.17. The first-order chi connectivity index (χ1) is 12.3. The molecule has 0 heterocycles. The van der Waals surface area contributed by atoms with Crippen molar-refractivity contribution >= 4 is 47.0 Å². The lowest BCUT2D eigenvalue weighted by Crippen LogP contribution is -2.42. The van der Waals surface area contributed by atoms with E-state index in [1.165, 1.54) is 18.2 Å². The second-order valence-corrected chi connectivity index (χ2v) is 5.97. The summed E-state index contributed by atoms with van der Waals surface area (Å²) in [4.78, 5) is 46.3. The highest BCUT2D eigenvalue weighted by Crippen LogP contribution is 2.20. The number of hydrogen-bond donors (Lipinski definition) is 3. The van der Waals surface area contributed by atoms with E-state index in [0.29, 0.717) is 11.6 Å². The van der Waals surface area contributed by atoms with E-state index in [-0.39, 0.29) is 10.6 Å². The number of carbonyl (C=O) groups is 4. The molecule has 1 aromatic rings. The Kier molecular flexibility index (Phi) is 9.46. The fourth-order valence-electron chi connectivity index (χ4n) is 1.70. The third-order valence-electron chi connectivity index (χ3n) is 3.00. The van der Waals surface area contributed by atoms with E-state index in [0.717, 1.165) is 12.8 Å². The second-order valence-electron chi connectivity index (χ2n) is 5.13. The average molecular weight is 404 g/mol. The molecule has 0 saturated heterocycles. The number of nitrogens with one attached hydrogen (secondary N) is 3. The Labute approximate surface area is 160 Å². The first-order valence-electron chi connectivity index (χ1n) is 7.80. The predicted molar refractivity (Wildman–Crippen MR) is 96.2 cm³/mol. The van der Waals surface area contributed by atoms with Crippen LogP contribution in [0.3, 0.4) is 0 Å². The van der Waals surface area contributed by atoms with Gasteiger partial charge in [0.15, 0.2) is 6.61 Å². The lowest BCUT2D eigenvalue weighted by atomic mass is 10.2. The van der Waals surface area contributed by atoms with Crippen molar-refractivity contribution in [1.29, 1.82) is 0 Å². The minimum Gasteiger partial charge on any atom is -0.454 e. The molecule has 26 heavy (non-hydrogen) atoms. The zero-order valence-corrected chi connectivity index (χ0v) is 15.6. The Morgan fingerprint density at radius 1 is 1.12 bits per heavy atom. The molecule has 0 bridgehead atoms. The fourth-order valence-corrected chi connectivity index (χ4v) is 2.20. The van der Waals surface area contributed by atoms with Crippen molar-refractivity contribution in [2.45, 2.75) is 19.8 Å². The van der Waals surface area contributed by atoms with Crippen LogP contribution in [0, 0.1) is 0 Å². The van der Waals surface area contributed by atoms with Crippen molar-refractivity contribution in [2.24, 2.45) is 0 Å². The average Bonchev–Trinajstić information content (AvgIpc) is 2.58. The number of unbranched alkanes of at least 4 members (excludes halogenated alkanes) is 1. The summed E-state index contributed by atoms with van der Waals surface area (Å²) in [5.41, 5.74) is 0.144. The third-order valence-corrected chi connectivity index (χ3v) is 3.55. The number of esters is 1. The molecule has 0 spiro atoms. The van der Waals surface area contributed by atoms with Gasteiger partial charge in [0.25, 0.3) is 11.8 Å². The number of amides is 4. The molecule has 0 atom stereocenters. The normalized spacial score (nSPS) is 9.96. The topological polar surface area (TPSA) is 114 Å². The van der Waals surface area contributed by atoms with Gasteiger partial charge in [-0.15, -0.1) is 0 Å². The maximum atomic E-state index is 11.9. The molecule has 3 N–H and O–H groups in total. The lowest BCUT2D eigenvalue weighted by Gasteiger charge is -2.08. The summed E-state index contributed by atoms with van der Waals surface area (Å²) in [5, 5.41) is 7.31. The summed E-state index contributed by atoms with van der Waals surface area (Å²) in [6.45, 7) is 1.30. The Morgan fingerprint density at radius 3 is 2.50 bits per heavy atom. The standard InChI is InChI=1S/C16H19Cl2N3O5/c1-2-3-6-19-16(25)21-13(22)9-26-14(23)8-20-15(24)11-5-4-10(17)7-12(11)18/h4-5,7H,2-3,6,8-9H2,1H3,(H,20,24)(H2,19,21,22,25). The molecule has 1 aromatic carbocycles. The number of benzene rings is 1. The fraction of sp³-hybridized carbons (Fsp3) is 0.375. The summed E-state index contributed by atoms with van der Waals surface area (Å²) in [6.07, 6.45) is 1.69. The van der Waals surface area contributed by atoms with Crippen LogP contribution in [0.4, 0.5) is 4.79 Å². The van der Waals surface area contributed by atoms with Gasteiger partial charge in [-0.25, -0.2) is 4.79 Å². The highest BCUT2D eigenvalue weighted by Gasteiger charge is 2.14. The number of rotatable bonds is 8. The number of halogens is 2. The van der Waals surface area contributed by atoms with E-state index >= 15 is 0 Å². The van der Waals surface area contributed by atoms with Crippen LogP contribution in [-0.2, 0) is 14.3 Å². The zero-order chi connectivity index (χ0) is 19.5. The molecule has 8 nitrogen and oxygen atoms in total. The zero-order valence-electron chi connectivity index (χ0n) is 14.1.